The molecule has 152 valence electrons. The van der Waals surface area contributed by atoms with Crippen LogP contribution in [0.5, 0.6) is 0 Å². The van der Waals surface area contributed by atoms with Crippen LogP contribution in [0, 0.1) is 0 Å². The monoisotopic (exact) mass is 401 g/mol. The summed E-state index contributed by atoms with van der Waals surface area (Å²) in [5.74, 6) is 0.918. The lowest BCUT2D eigenvalue weighted by atomic mass is 10.1. The highest BCUT2D eigenvalue weighted by Gasteiger charge is 2.07. The van der Waals surface area contributed by atoms with E-state index in [1.165, 1.54) is 17.4 Å². The van der Waals surface area contributed by atoms with E-state index < -0.39 is 9.84 Å². The van der Waals surface area contributed by atoms with Gasteiger partial charge in [-0.15, -0.1) is 0 Å². The summed E-state index contributed by atoms with van der Waals surface area (Å²) in [4.78, 5) is 6.84. The molecule has 0 aliphatic carbocycles. The third-order valence-corrected chi connectivity index (χ3v) is 5.27. The van der Waals surface area contributed by atoms with Crippen molar-refractivity contribution < 1.29 is 8.42 Å². The van der Waals surface area contributed by atoms with Crippen LogP contribution in [-0.4, -0.2) is 39.1 Å². The van der Waals surface area contributed by atoms with Gasteiger partial charge in [-0.25, -0.2) is 13.4 Å². The molecule has 0 saturated carbocycles. The lowest BCUT2D eigenvalue weighted by Crippen LogP contribution is -2.38. The molecule has 0 atom stereocenters. The standard InChI is InChI=1S/C22H31N3O2S/c1-5-18-7-11-20(12-8-18)16-25(3)22(23-6-2)24-15-19-9-13-21(14-10-19)17-28(4,26)27/h7-14H,5-6,15-17H2,1-4H3,(H,23,24). The van der Waals surface area contributed by atoms with Crippen molar-refractivity contribution >= 4 is 15.8 Å². The minimum Gasteiger partial charge on any atom is -0.357 e. The Hall–Kier alpha value is -2.34. The molecule has 28 heavy (non-hydrogen) atoms. The fraction of sp³-hybridized carbons (Fsp3) is 0.409. The van der Waals surface area contributed by atoms with Gasteiger partial charge in [0, 0.05) is 26.4 Å². The fourth-order valence-corrected chi connectivity index (χ4v) is 3.71. The molecule has 1 N–H and O–H groups in total. The van der Waals surface area contributed by atoms with Gasteiger partial charge in [-0.3, -0.25) is 0 Å². The van der Waals surface area contributed by atoms with E-state index >= 15 is 0 Å². The van der Waals surface area contributed by atoms with Crippen molar-refractivity contribution in [3.63, 3.8) is 0 Å². The summed E-state index contributed by atoms with van der Waals surface area (Å²) in [5, 5.41) is 3.33. The Bertz CT molecular complexity index is 873. The highest BCUT2D eigenvalue weighted by molar-refractivity contribution is 7.89. The van der Waals surface area contributed by atoms with Crippen molar-refractivity contribution in [2.24, 2.45) is 4.99 Å². The molecule has 2 rings (SSSR count). The Morgan fingerprint density at radius 2 is 1.46 bits per heavy atom. The molecule has 2 aromatic rings. The molecule has 0 spiro atoms. The molecular weight excluding hydrogens is 370 g/mol. The van der Waals surface area contributed by atoms with E-state index in [9.17, 15) is 8.42 Å². The van der Waals surface area contributed by atoms with Gasteiger partial charge in [0.1, 0.15) is 0 Å². The van der Waals surface area contributed by atoms with Gasteiger partial charge in [-0.05, 0) is 35.6 Å². The first-order chi connectivity index (χ1) is 13.3. The van der Waals surface area contributed by atoms with E-state index in [0.717, 1.165) is 36.6 Å². The molecule has 0 unspecified atom stereocenters. The predicted molar refractivity (Wildman–Crippen MR) is 117 cm³/mol. The average Bonchev–Trinajstić information content (AvgIpc) is 2.65. The molecule has 0 heterocycles. The number of hydrogen-bond donors (Lipinski definition) is 1. The van der Waals surface area contributed by atoms with Gasteiger partial charge in [0.25, 0.3) is 0 Å². The number of aliphatic imine (C=N–C) groups is 1. The summed E-state index contributed by atoms with van der Waals surface area (Å²) in [6.07, 6.45) is 2.29. The Balaban J connectivity index is 2.03. The quantitative estimate of drug-likeness (QED) is 0.544. The maximum Gasteiger partial charge on any atom is 0.194 e. The molecule has 6 heteroatoms. The Labute approximate surface area is 169 Å². The van der Waals surface area contributed by atoms with E-state index in [2.05, 4.69) is 48.3 Å². The third kappa shape index (κ3) is 7.35. The summed E-state index contributed by atoms with van der Waals surface area (Å²) in [6, 6.07) is 16.3. The molecule has 0 fully saturated rings. The SMILES string of the molecule is CCNC(=NCc1ccc(CS(C)(=O)=O)cc1)N(C)Cc1ccc(CC)cc1. The summed E-state index contributed by atoms with van der Waals surface area (Å²) >= 11 is 0. The van der Waals surface area contributed by atoms with Crippen LogP contribution in [0.15, 0.2) is 53.5 Å². The topological polar surface area (TPSA) is 61.8 Å². The molecule has 0 aromatic heterocycles. The van der Waals surface area contributed by atoms with Crippen molar-refractivity contribution in [2.45, 2.75) is 39.1 Å². The van der Waals surface area contributed by atoms with Gasteiger partial charge in [0.2, 0.25) is 0 Å². The summed E-state index contributed by atoms with van der Waals surface area (Å²) < 4.78 is 22.8. The van der Waals surface area contributed by atoms with Gasteiger partial charge in [-0.1, -0.05) is 55.5 Å². The second-order valence-corrected chi connectivity index (χ2v) is 9.22. The summed E-state index contributed by atoms with van der Waals surface area (Å²) in [5.41, 5.74) is 4.44. The first kappa shape index (κ1) is 22.0. The van der Waals surface area contributed by atoms with E-state index in [4.69, 9.17) is 4.99 Å². The first-order valence-electron chi connectivity index (χ1n) is 9.63. The minimum atomic E-state index is -3.01. The van der Waals surface area contributed by atoms with Crippen molar-refractivity contribution in [3.8, 4) is 0 Å². The van der Waals surface area contributed by atoms with E-state index in [0.29, 0.717) is 6.54 Å². The van der Waals surface area contributed by atoms with Crippen LogP contribution in [0.25, 0.3) is 0 Å². The maximum atomic E-state index is 11.4. The van der Waals surface area contributed by atoms with Gasteiger partial charge in [-0.2, -0.15) is 0 Å². The van der Waals surface area contributed by atoms with Crippen molar-refractivity contribution in [3.05, 3.63) is 70.8 Å². The second-order valence-electron chi connectivity index (χ2n) is 7.08. The maximum absolute atomic E-state index is 11.4. The lowest BCUT2D eigenvalue weighted by molar-refractivity contribution is 0.476. The van der Waals surface area contributed by atoms with Crippen LogP contribution in [0.4, 0.5) is 0 Å². The Morgan fingerprint density at radius 1 is 0.929 bits per heavy atom. The number of hydrogen-bond acceptors (Lipinski definition) is 3. The number of rotatable bonds is 8. The number of benzene rings is 2. The highest BCUT2D eigenvalue weighted by atomic mass is 32.2. The smallest absolute Gasteiger partial charge is 0.194 e. The number of aryl methyl sites for hydroxylation is 1. The molecule has 0 bridgehead atoms. The highest BCUT2D eigenvalue weighted by Crippen LogP contribution is 2.10. The third-order valence-electron chi connectivity index (χ3n) is 4.41. The van der Waals surface area contributed by atoms with E-state index in [-0.39, 0.29) is 5.75 Å². The molecule has 0 aliphatic rings. The van der Waals surface area contributed by atoms with Crippen LogP contribution < -0.4 is 5.32 Å². The zero-order valence-electron chi connectivity index (χ0n) is 17.3. The van der Waals surface area contributed by atoms with E-state index in [1.54, 1.807) is 0 Å². The molecule has 0 radical (unpaired) electrons. The molecule has 0 saturated heterocycles. The molecular formula is C22H31N3O2S. The fourth-order valence-electron chi connectivity index (χ4n) is 2.91. The number of nitrogens with one attached hydrogen (secondary N) is 1. The van der Waals surface area contributed by atoms with Crippen molar-refractivity contribution in [1.82, 2.24) is 10.2 Å². The zero-order valence-corrected chi connectivity index (χ0v) is 18.1. The zero-order chi connectivity index (χ0) is 20.6. The second kappa shape index (κ2) is 10.3. The van der Waals surface area contributed by atoms with Crippen molar-refractivity contribution in [2.75, 3.05) is 19.8 Å². The van der Waals surface area contributed by atoms with Gasteiger partial charge in [0.05, 0.1) is 12.3 Å². The van der Waals surface area contributed by atoms with Crippen LogP contribution in [-0.2, 0) is 35.1 Å². The Kier molecular flexibility index (Phi) is 8.05. The van der Waals surface area contributed by atoms with Crippen LogP contribution in [0.1, 0.15) is 36.1 Å². The molecule has 0 aliphatic heterocycles. The Morgan fingerprint density at radius 3 is 2.00 bits per heavy atom. The first-order valence-corrected chi connectivity index (χ1v) is 11.7. The number of nitrogens with zero attached hydrogens (tertiary/aromatic N) is 2. The average molecular weight is 402 g/mol. The molecule has 0 amide bonds. The largest absolute Gasteiger partial charge is 0.357 e. The van der Waals surface area contributed by atoms with Crippen LogP contribution >= 0.6 is 0 Å². The van der Waals surface area contributed by atoms with E-state index in [1.807, 2.05) is 31.3 Å². The van der Waals surface area contributed by atoms with Crippen molar-refractivity contribution in [1.29, 1.82) is 0 Å². The lowest BCUT2D eigenvalue weighted by Gasteiger charge is -2.22. The molecule has 2 aromatic carbocycles. The number of guanidine groups is 1. The predicted octanol–water partition coefficient (Wildman–Crippen LogP) is 3.39. The summed E-state index contributed by atoms with van der Waals surface area (Å²) in [6.45, 7) is 6.33. The number of sulfone groups is 1. The minimum absolute atomic E-state index is 0.0682. The normalized spacial score (nSPS) is 12.1. The van der Waals surface area contributed by atoms with Crippen LogP contribution in [0.3, 0.4) is 0 Å². The van der Waals surface area contributed by atoms with Crippen LogP contribution in [0.2, 0.25) is 0 Å². The van der Waals surface area contributed by atoms with Gasteiger partial charge < -0.3 is 10.2 Å². The molecule has 5 nitrogen and oxygen atoms in total. The van der Waals surface area contributed by atoms with Gasteiger partial charge >= 0.3 is 0 Å². The summed E-state index contributed by atoms with van der Waals surface area (Å²) in [7, 11) is -0.981. The van der Waals surface area contributed by atoms with Gasteiger partial charge in [0.15, 0.2) is 15.8 Å².